The Morgan fingerprint density at radius 3 is 2.47 bits per heavy atom. The first-order valence-electron chi connectivity index (χ1n) is 8.23. The van der Waals surface area contributed by atoms with Crippen LogP contribution in [0.4, 0.5) is 0 Å². The molecule has 3 rings (SSSR count). The minimum absolute atomic E-state index is 0.261. The zero-order chi connectivity index (χ0) is 13.3. The quantitative estimate of drug-likeness (QED) is 0.835. The second-order valence-electron chi connectivity index (χ2n) is 7.44. The van der Waals surface area contributed by atoms with Crippen molar-refractivity contribution in [3.63, 3.8) is 0 Å². The lowest BCUT2D eigenvalue weighted by atomic mass is 9.79. The van der Waals surface area contributed by atoms with Crippen LogP contribution in [-0.2, 0) is 4.74 Å². The van der Waals surface area contributed by atoms with E-state index >= 15 is 0 Å². The molecule has 1 atom stereocenters. The van der Waals surface area contributed by atoms with Crippen molar-refractivity contribution in [3.8, 4) is 0 Å². The van der Waals surface area contributed by atoms with Crippen molar-refractivity contribution < 1.29 is 4.74 Å². The molecule has 3 nitrogen and oxygen atoms in total. The topological polar surface area (TPSA) is 38.5 Å². The molecule has 0 bridgehead atoms. The molecule has 2 saturated heterocycles. The summed E-state index contributed by atoms with van der Waals surface area (Å²) in [5.74, 6) is 0. The summed E-state index contributed by atoms with van der Waals surface area (Å²) >= 11 is 0. The smallest absolute Gasteiger partial charge is 0.0697 e. The minimum Gasteiger partial charge on any atom is -0.375 e. The molecule has 1 saturated carbocycles. The first-order valence-corrected chi connectivity index (χ1v) is 8.23. The Labute approximate surface area is 117 Å². The van der Waals surface area contributed by atoms with Gasteiger partial charge in [-0.15, -0.1) is 0 Å². The van der Waals surface area contributed by atoms with Crippen molar-refractivity contribution in [1.29, 1.82) is 0 Å². The summed E-state index contributed by atoms with van der Waals surface area (Å²) in [5, 5.41) is 0. The summed E-state index contributed by atoms with van der Waals surface area (Å²) in [4.78, 5) is 2.74. The van der Waals surface area contributed by atoms with Crippen LogP contribution in [0.15, 0.2) is 0 Å². The highest BCUT2D eigenvalue weighted by Crippen LogP contribution is 2.42. The van der Waals surface area contributed by atoms with Gasteiger partial charge in [-0.05, 0) is 63.6 Å². The van der Waals surface area contributed by atoms with Crippen LogP contribution in [0.1, 0.15) is 58.3 Å². The number of piperidine rings is 1. The first kappa shape index (κ1) is 13.8. The highest BCUT2D eigenvalue weighted by Gasteiger charge is 2.42. The van der Waals surface area contributed by atoms with E-state index in [1.807, 2.05) is 0 Å². The van der Waals surface area contributed by atoms with Gasteiger partial charge in [-0.1, -0.05) is 19.8 Å². The standard InChI is InChI=1S/C16H30N2O/c1-15(13-17)7-9-18(10-8-15)14-4-11-19-16(12-14)5-2-3-6-16/h14H,2-13,17H2,1H3. The Balaban J connectivity index is 1.58. The van der Waals surface area contributed by atoms with Gasteiger partial charge in [0.2, 0.25) is 0 Å². The largest absolute Gasteiger partial charge is 0.375 e. The van der Waals surface area contributed by atoms with E-state index in [-0.39, 0.29) is 5.60 Å². The molecule has 19 heavy (non-hydrogen) atoms. The molecule has 1 aliphatic carbocycles. The van der Waals surface area contributed by atoms with Crippen LogP contribution in [0.3, 0.4) is 0 Å². The fourth-order valence-corrected chi connectivity index (χ4v) is 4.31. The van der Waals surface area contributed by atoms with E-state index in [1.165, 1.54) is 64.5 Å². The Kier molecular flexibility index (Phi) is 3.89. The summed E-state index contributed by atoms with van der Waals surface area (Å²) < 4.78 is 6.16. The summed E-state index contributed by atoms with van der Waals surface area (Å²) in [6.07, 6.45) is 10.4. The highest BCUT2D eigenvalue weighted by atomic mass is 16.5. The predicted molar refractivity (Wildman–Crippen MR) is 78.1 cm³/mol. The lowest BCUT2D eigenvalue weighted by Gasteiger charge is -2.47. The van der Waals surface area contributed by atoms with Gasteiger partial charge in [0.1, 0.15) is 0 Å². The molecule has 3 fully saturated rings. The summed E-state index contributed by atoms with van der Waals surface area (Å²) in [6, 6.07) is 0.772. The van der Waals surface area contributed by atoms with Crippen LogP contribution >= 0.6 is 0 Å². The van der Waals surface area contributed by atoms with Crippen LogP contribution in [0, 0.1) is 5.41 Å². The second-order valence-corrected chi connectivity index (χ2v) is 7.44. The number of ether oxygens (including phenoxy) is 1. The lowest BCUT2D eigenvalue weighted by molar-refractivity contribution is -0.106. The predicted octanol–water partition coefficient (Wildman–Crippen LogP) is 2.54. The average molecular weight is 266 g/mol. The number of likely N-dealkylation sites (tertiary alicyclic amines) is 1. The van der Waals surface area contributed by atoms with Gasteiger partial charge in [0.05, 0.1) is 5.60 Å². The Bertz CT molecular complexity index is 304. The fourth-order valence-electron chi connectivity index (χ4n) is 4.31. The molecule has 1 unspecified atom stereocenters. The molecule has 0 radical (unpaired) electrons. The lowest BCUT2D eigenvalue weighted by Crippen LogP contribution is -2.52. The minimum atomic E-state index is 0.261. The monoisotopic (exact) mass is 266 g/mol. The SMILES string of the molecule is CC1(CN)CCN(C2CCOC3(CCCC3)C2)CC1. The molecule has 0 amide bonds. The van der Waals surface area contributed by atoms with Gasteiger partial charge in [0.15, 0.2) is 0 Å². The third kappa shape index (κ3) is 2.84. The molecule has 3 aliphatic rings. The Morgan fingerprint density at radius 2 is 1.84 bits per heavy atom. The molecule has 0 aromatic heterocycles. The van der Waals surface area contributed by atoms with Gasteiger partial charge >= 0.3 is 0 Å². The van der Waals surface area contributed by atoms with Crippen LogP contribution in [0.25, 0.3) is 0 Å². The van der Waals surface area contributed by atoms with Gasteiger partial charge in [0.25, 0.3) is 0 Å². The Hall–Kier alpha value is -0.120. The van der Waals surface area contributed by atoms with Gasteiger partial charge in [0, 0.05) is 12.6 Å². The summed E-state index contributed by atoms with van der Waals surface area (Å²) in [6.45, 7) is 6.67. The van der Waals surface area contributed by atoms with E-state index in [0.29, 0.717) is 5.41 Å². The fraction of sp³-hybridized carbons (Fsp3) is 1.00. The molecule has 1 spiro atoms. The zero-order valence-electron chi connectivity index (χ0n) is 12.5. The van der Waals surface area contributed by atoms with Gasteiger partial charge < -0.3 is 15.4 Å². The van der Waals surface area contributed by atoms with E-state index in [9.17, 15) is 0 Å². The molecule has 110 valence electrons. The zero-order valence-corrected chi connectivity index (χ0v) is 12.5. The van der Waals surface area contributed by atoms with E-state index < -0.39 is 0 Å². The van der Waals surface area contributed by atoms with E-state index in [0.717, 1.165) is 19.2 Å². The van der Waals surface area contributed by atoms with E-state index in [2.05, 4.69) is 11.8 Å². The molecule has 0 aromatic carbocycles. The molecule has 3 heteroatoms. The van der Waals surface area contributed by atoms with Crippen LogP contribution in [-0.4, -0.2) is 42.8 Å². The summed E-state index contributed by atoms with van der Waals surface area (Å²) in [5.41, 5.74) is 6.57. The molecule has 2 heterocycles. The van der Waals surface area contributed by atoms with E-state index in [1.54, 1.807) is 0 Å². The summed E-state index contributed by atoms with van der Waals surface area (Å²) in [7, 11) is 0. The molecular weight excluding hydrogens is 236 g/mol. The van der Waals surface area contributed by atoms with Crippen molar-refractivity contribution in [2.45, 2.75) is 69.9 Å². The van der Waals surface area contributed by atoms with Crippen molar-refractivity contribution in [3.05, 3.63) is 0 Å². The van der Waals surface area contributed by atoms with Crippen LogP contribution in [0.2, 0.25) is 0 Å². The number of nitrogens with zero attached hydrogens (tertiary/aromatic N) is 1. The normalized spacial score (nSPS) is 34.7. The molecule has 2 aliphatic heterocycles. The van der Waals surface area contributed by atoms with Crippen LogP contribution in [0.5, 0.6) is 0 Å². The van der Waals surface area contributed by atoms with Crippen molar-refractivity contribution >= 4 is 0 Å². The third-order valence-electron chi connectivity index (χ3n) is 6.00. The van der Waals surface area contributed by atoms with Crippen LogP contribution < -0.4 is 5.73 Å². The highest BCUT2D eigenvalue weighted by molar-refractivity contribution is 4.96. The molecular formula is C16H30N2O. The maximum absolute atomic E-state index is 6.16. The van der Waals surface area contributed by atoms with Crippen molar-refractivity contribution in [2.24, 2.45) is 11.1 Å². The maximum Gasteiger partial charge on any atom is 0.0697 e. The van der Waals surface area contributed by atoms with Crippen molar-refractivity contribution in [1.82, 2.24) is 4.90 Å². The van der Waals surface area contributed by atoms with Gasteiger partial charge in [-0.2, -0.15) is 0 Å². The third-order valence-corrected chi connectivity index (χ3v) is 6.00. The number of hydrogen-bond donors (Lipinski definition) is 1. The maximum atomic E-state index is 6.16. The number of hydrogen-bond acceptors (Lipinski definition) is 3. The second kappa shape index (κ2) is 5.34. The first-order chi connectivity index (χ1) is 9.15. The Morgan fingerprint density at radius 1 is 1.16 bits per heavy atom. The average Bonchev–Trinajstić information content (AvgIpc) is 2.88. The number of rotatable bonds is 2. The van der Waals surface area contributed by atoms with Gasteiger partial charge in [-0.3, -0.25) is 0 Å². The number of nitrogens with two attached hydrogens (primary N) is 1. The van der Waals surface area contributed by atoms with E-state index in [4.69, 9.17) is 10.5 Å². The molecule has 0 aromatic rings. The van der Waals surface area contributed by atoms with Crippen molar-refractivity contribution in [2.75, 3.05) is 26.2 Å². The van der Waals surface area contributed by atoms with Gasteiger partial charge in [-0.25, -0.2) is 0 Å². The molecule has 2 N–H and O–H groups in total.